The van der Waals surface area contributed by atoms with Gasteiger partial charge in [0.1, 0.15) is 0 Å². The summed E-state index contributed by atoms with van der Waals surface area (Å²) in [5.41, 5.74) is 0. The third-order valence-electron chi connectivity index (χ3n) is 2.77. The number of nitrogens with zero attached hydrogens (tertiary/aromatic N) is 1. The third-order valence-corrected chi connectivity index (χ3v) is 3.33. The van der Waals surface area contributed by atoms with Crippen LogP contribution >= 0.6 is 15.9 Å². The monoisotopic (exact) mass is 277 g/mol. The second-order valence-electron chi connectivity index (χ2n) is 4.28. The van der Waals surface area contributed by atoms with E-state index in [0.717, 1.165) is 24.7 Å². The molecular weight excluding hydrogens is 254 g/mol. The lowest BCUT2D eigenvalue weighted by Gasteiger charge is -2.18. The highest BCUT2D eigenvalue weighted by atomic mass is 79.9. The van der Waals surface area contributed by atoms with Crippen molar-refractivity contribution in [3.8, 4) is 0 Å². The molecule has 0 N–H and O–H groups in total. The molecule has 2 nitrogen and oxygen atoms in total. The highest BCUT2D eigenvalue weighted by Crippen LogP contribution is 2.09. The zero-order valence-corrected chi connectivity index (χ0v) is 11.8. The summed E-state index contributed by atoms with van der Waals surface area (Å²) < 4.78 is 0. The van der Waals surface area contributed by atoms with Gasteiger partial charge in [-0.2, -0.15) is 0 Å². The Labute approximate surface area is 103 Å². The molecule has 1 unspecified atom stereocenters. The maximum Gasteiger partial charge on any atom is 0.222 e. The van der Waals surface area contributed by atoms with Crippen LogP contribution in [0, 0.1) is 5.92 Å². The second kappa shape index (κ2) is 9.20. The Morgan fingerprint density at radius 1 is 1.33 bits per heavy atom. The van der Waals surface area contributed by atoms with Crippen molar-refractivity contribution < 1.29 is 4.79 Å². The van der Waals surface area contributed by atoms with Gasteiger partial charge in [0.25, 0.3) is 0 Å². The number of halogens is 1. The first-order valence-electron chi connectivity index (χ1n) is 5.91. The number of hydrogen-bond acceptors (Lipinski definition) is 1. The summed E-state index contributed by atoms with van der Waals surface area (Å²) in [5.74, 6) is 0.811. The maximum atomic E-state index is 11.7. The fourth-order valence-electron chi connectivity index (χ4n) is 1.34. The Morgan fingerprint density at radius 3 is 2.53 bits per heavy atom. The van der Waals surface area contributed by atoms with Crippen LogP contribution in [-0.4, -0.2) is 29.7 Å². The summed E-state index contributed by atoms with van der Waals surface area (Å²) in [7, 11) is 1.92. The predicted octanol–water partition coefficient (Wildman–Crippen LogP) is 3.45. The van der Waals surface area contributed by atoms with Gasteiger partial charge in [-0.05, 0) is 18.8 Å². The molecule has 0 fully saturated rings. The van der Waals surface area contributed by atoms with Crippen molar-refractivity contribution in [1.29, 1.82) is 0 Å². The van der Waals surface area contributed by atoms with E-state index in [4.69, 9.17) is 0 Å². The van der Waals surface area contributed by atoms with Crippen LogP contribution in [0.1, 0.15) is 46.0 Å². The van der Waals surface area contributed by atoms with Gasteiger partial charge in [0, 0.05) is 25.3 Å². The van der Waals surface area contributed by atoms with E-state index in [1.807, 2.05) is 11.9 Å². The Hall–Kier alpha value is -0.0500. The number of carbonyl (C=O) groups excluding carboxylic acids is 1. The molecule has 0 aliphatic heterocycles. The van der Waals surface area contributed by atoms with Crippen LogP contribution in [0.15, 0.2) is 0 Å². The largest absolute Gasteiger partial charge is 0.346 e. The van der Waals surface area contributed by atoms with Crippen LogP contribution in [0.4, 0.5) is 0 Å². The van der Waals surface area contributed by atoms with E-state index in [-0.39, 0.29) is 0 Å². The van der Waals surface area contributed by atoms with Gasteiger partial charge in [-0.25, -0.2) is 0 Å². The van der Waals surface area contributed by atoms with Crippen LogP contribution < -0.4 is 0 Å². The quantitative estimate of drug-likeness (QED) is 0.492. The summed E-state index contributed by atoms with van der Waals surface area (Å²) in [5, 5.41) is 1.07. The molecule has 15 heavy (non-hydrogen) atoms. The lowest BCUT2D eigenvalue weighted by Crippen LogP contribution is -2.28. The van der Waals surface area contributed by atoms with E-state index in [1.165, 1.54) is 12.8 Å². The first kappa shape index (κ1) is 14.9. The summed E-state index contributed by atoms with van der Waals surface area (Å²) in [6.45, 7) is 5.17. The third kappa shape index (κ3) is 7.83. The van der Waals surface area contributed by atoms with Crippen molar-refractivity contribution in [2.75, 3.05) is 18.9 Å². The van der Waals surface area contributed by atoms with Crippen LogP contribution in [-0.2, 0) is 4.79 Å². The topological polar surface area (TPSA) is 20.3 Å². The molecule has 0 saturated carbocycles. The van der Waals surface area contributed by atoms with Crippen molar-refractivity contribution in [2.45, 2.75) is 46.0 Å². The SMILES string of the molecule is CCC(C)CC(=O)N(C)CCCCCBr. The van der Waals surface area contributed by atoms with Gasteiger partial charge >= 0.3 is 0 Å². The van der Waals surface area contributed by atoms with Gasteiger partial charge in [0.05, 0.1) is 0 Å². The normalized spacial score (nSPS) is 12.5. The molecule has 1 amide bonds. The van der Waals surface area contributed by atoms with Gasteiger partial charge < -0.3 is 4.90 Å². The lowest BCUT2D eigenvalue weighted by atomic mass is 10.0. The smallest absolute Gasteiger partial charge is 0.222 e. The first-order valence-corrected chi connectivity index (χ1v) is 7.03. The molecular formula is C12H24BrNO. The van der Waals surface area contributed by atoms with Gasteiger partial charge in [-0.15, -0.1) is 0 Å². The van der Waals surface area contributed by atoms with E-state index < -0.39 is 0 Å². The van der Waals surface area contributed by atoms with E-state index >= 15 is 0 Å². The van der Waals surface area contributed by atoms with Gasteiger partial charge in [-0.1, -0.05) is 42.6 Å². The van der Waals surface area contributed by atoms with Crippen molar-refractivity contribution in [2.24, 2.45) is 5.92 Å². The van der Waals surface area contributed by atoms with Crippen molar-refractivity contribution in [1.82, 2.24) is 4.90 Å². The second-order valence-corrected chi connectivity index (χ2v) is 5.08. The van der Waals surface area contributed by atoms with E-state index in [2.05, 4.69) is 29.8 Å². The van der Waals surface area contributed by atoms with Crippen LogP contribution in [0.25, 0.3) is 0 Å². The maximum absolute atomic E-state index is 11.7. The van der Waals surface area contributed by atoms with Crippen LogP contribution in [0.5, 0.6) is 0 Å². The lowest BCUT2D eigenvalue weighted by molar-refractivity contribution is -0.130. The zero-order chi connectivity index (χ0) is 11.7. The van der Waals surface area contributed by atoms with Gasteiger partial charge in [0.15, 0.2) is 0 Å². The summed E-state index contributed by atoms with van der Waals surface area (Å²) >= 11 is 3.41. The van der Waals surface area contributed by atoms with Crippen molar-refractivity contribution in [3.05, 3.63) is 0 Å². The van der Waals surface area contributed by atoms with Gasteiger partial charge in [0.2, 0.25) is 5.91 Å². The minimum absolute atomic E-state index is 0.295. The standard InChI is InChI=1S/C12H24BrNO/c1-4-11(2)10-12(15)14(3)9-7-5-6-8-13/h11H,4-10H2,1-3H3. The highest BCUT2D eigenvalue weighted by Gasteiger charge is 2.11. The molecule has 0 aliphatic carbocycles. The molecule has 0 aromatic carbocycles. The van der Waals surface area contributed by atoms with Crippen LogP contribution in [0.2, 0.25) is 0 Å². The molecule has 0 rings (SSSR count). The average Bonchev–Trinajstić information content (AvgIpc) is 2.23. The molecule has 0 bridgehead atoms. The summed E-state index contributed by atoms with van der Waals surface area (Å²) in [6, 6.07) is 0. The molecule has 0 radical (unpaired) electrons. The highest BCUT2D eigenvalue weighted by molar-refractivity contribution is 9.09. The predicted molar refractivity (Wildman–Crippen MR) is 69.4 cm³/mol. The molecule has 0 aromatic rings. The first-order chi connectivity index (χ1) is 7.11. The number of amides is 1. The van der Waals surface area contributed by atoms with E-state index in [0.29, 0.717) is 18.2 Å². The van der Waals surface area contributed by atoms with Gasteiger partial charge in [-0.3, -0.25) is 4.79 Å². The van der Waals surface area contributed by atoms with Crippen molar-refractivity contribution in [3.63, 3.8) is 0 Å². The summed E-state index contributed by atoms with van der Waals surface area (Å²) in [4.78, 5) is 13.6. The molecule has 0 aliphatic rings. The van der Waals surface area contributed by atoms with Crippen LogP contribution in [0.3, 0.4) is 0 Å². The molecule has 1 atom stereocenters. The number of unbranched alkanes of at least 4 members (excludes halogenated alkanes) is 2. The average molecular weight is 278 g/mol. The number of carbonyl (C=O) groups is 1. The van der Waals surface area contributed by atoms with E-state index in [1.54, 1.807) is 0 Å². The molecule has 0 heterocycles. The molecule has 0 saturated heterocycles. The summed E-state index contributed by atoms with van der Waals surface area (Å²) in [6.07, 6.45) is 5.31. The number of hydrogen-bond donors (Lipinski definition) is 0. The minimum atomic E-state index is 0.295. The molecule has 90 valence electrons. The Balaban J connectivity index is 3.60. The Kier molecular flexibility index (Phi) is 9.17. The number of rotatable bonds is 8. The van der Waals surface area contributed by atoms with Crippen molar-refractivity contribution >= 4 is 21.8 Å². The van der Waals surface area contributed by atoms with E-state index in [9.17, 15) is 4.79 Å². The fraction of sp³-hybridized carbons (Fsp3) is 0.917. The molecule has 3 heteroatoms. The zero-order valence-electron chi connectivity index (χ0n) is 10.3. The Morgan fingerprint density at radius 2 is 2.00 bits per heavy atom. The fourth-order valence-corrected chi connectivity index (χ4v) is 1.74. The Bertz CT molecular complexity index is 173. The molecule has 0 aromatic heterocycles. The number of alkyl halides is 1. The minimum Gasteiger partial charge on any atom is -0.346 e. The molecule has 0 spiro atoms.